The predicted octanol–water partition coefficient (Wildman–Crippen LogP) is 4.53. The van der Waals surface area contributed by atoms with Gasteiger partial charge in [-0.1, -0.05) is 33.4 Å². The molecule has 0 bridgehead atoms. The van der Waals surface area contributed by atoms with Crippen molar-refractivity contribution in [3.8, 4) is 0 Å². The lowest BCUT2D eigenvalue weighted by Gasteiger charge is -2.20. The molecule has 0 aliphatic carbocycles. The molecule has 0 amide bonds. The number of hydrogen-bond acceptors (Lipinski definition) is 8. The van der Waals surface area contributed by atoms with Crippen molar-refractivity contribution in [2.24, 2.45) is 9.98 Å². The molecule has 4 atom stereocenters. The molecule has 178 valence electrons. The van der Waals surface area contributed by atoms with E-state index >= 15 is 0 Å². The molecule has 8 nitrogen and oxygen atoms in total. The standard InChI is InChI=1S/C24H36N2O6/c1-5-10-21(31-23(29)7-3)16-14-20(26-18-28)11-9-12-22(32-24(30)8-4)15-13-19(6-2)25-17-27/h7-8,19-22H,3-6,9-16H2,1-2H3. The highest BCUT2D eigenvalue weighted by Gasteiger charge is 2.19. The summed E-state index contributed by atoms with van der Waals surface area (Å²) in [6.45, 7) is 10.8. The maximum atomic E-state index is 11.7. The lowest BCUT2D eigenvalue weighted by atomic mass is 9.98. The van der Waals surface area contributed by atoms with Crippen LogP contribution in [0.2, 0.25) is 0 Å². The van der Waals surface area contributed by atoms with Gasteiger partial charge in [-0.3, -0.25) is 0 Å². The second kappa shape index (κ2) is 18.9. The van der Waals surface area contributed by atoms with Crippen LogP contribution in [0.5, 0.6) is 0 Å². The van der Waals surface area contributed by atoms with Crippen molar-refractivity contribution in [2.45, 2.75) is 102 Å². The number of ether oxygens (including phenoxy) is 2. The predicted molar refractivity (Wildman–Crippen MR) is 121 cm³/mol. The molecule has 0 spiro atoms. The van der Waals surface area contributed by atoms with Gasteiger partial charge in [0.2, 0.25) is 12.2 Å². The van der Waals surface area contributed by atoms with E-state index in [1.54, 1.807) is 12.2 Å². The zero-order valence-corrected chi connectivity index (χ0v) is 19.3. The van der Waals surface area contributed by atoms with Crippen molar-refractivity contribution >= 4 is 24.1 Å². The Kier molecular flexibility index (Phi) is 17.2. The molecule has 4 unspecified atom stereocenters. The molecule has 0 heterocycles. The SMILES string of the molecule is C=CC(=O)OC(CCC)CCC(CCCC(CCC(CC)N=C=O)OC(=O)C=C)N=C=O. The van der Waals surface area contributed by atoms with E-state index in [4.69, 9.17) is 9.47 Å². The van der Waals surface area contributed by atoms with Crippen LogP contribution in [0.4, 0.5) is 0 Å². The maximum absolute atomic E-state index is 11.7. The summed E-state index contributed by atoms with van der Waals surface area (Å²) in [5, 5.41) is 0. The van der Waals surface area contributed by atoms with Crippen LogP contribution < -0.4 is 0 Å². The lowest BCUT2D eigenvalue weighted by molar-refractivity contribution is -0.144. The first-order valence-electron chi connectivity index (χ1n) is 11.2. The Bertz CT molecular complexity index is 680. The molecule has 0 radical (unpaired) electrons. The number of nitrogens with zero attached hydrogens (tertiary/aromatic N) is 2. The van der Waals surface area contributed by atoms with Gasteiger partial charge in [-0.2, -0.15) is 0 Å². The second-order valence-corrected chi connectivity index (χ2v) is 7.56. The van der Waals surface area contributed by atoms with Crippen LogP contribution in [0, 0.1) is 0 Å². The van der Waals surface area contributed by atoms with Crippen LogP contribution in [-0.4, -0.2) is 48.4 Å². The monoisotopic (exact) mass is 448 g/mol. The molecule has 0 aliphatic rings. The Labute approximate surface area is 190 Å². The molecule has 0 saturated carbocycles. The number of hydrogen-bond donors (Lipinski definition) is 0. The molecule has 0 saturated heterocycles. The number of carbonyl (C=O) groups is 2. The van der Waals surface area contributed by atoms with Gasteiger partial charge >= 0.3 is 11.9 Å². The zero-order chi connectivity index (χ0) is 24.2. The molecule has 0 aliphatic heterocycles. The summed E-state index contributed by atoms with van der Waals surface area (Å²) >= 11 is 0. The van der Waals surface area contributed by atoms with E-state index in [2.05, 4.69) is 23.1 Å². The number of rotatable bonds is 19. The van der Waals surface area contributed by atoms with Gasteiger partial charge in [-0.05, 0) is 57.8 Å². The Balaban J connectivity index is 4.82. The molecule has 0 N–H and O–H groups in total. The Morgan fingerprint density at radius 1 is 0.781 bits per heavy atom. The summed E-state index contributed by atoms with van der Waals surface area (Å²) in [6.07, 6.45) is 11.3. The van der Waals surface area contributed by atoms with Gasteiger partial charge in [0, 0.05) is 12.2 Å². The number of esters is 2. The van der Waals surface area contributed by atoms with Gasteiger partial charge in [0.15, 0.2) is 0 Å². The van der Waals surface area contributed by atoms with E-state index in [-0.39, 0.29) is 24.3 Å². The highest BCUT2D eigenvalue weighted by atomic mass is 16.5. The fourth-order valence-corrected chi connectivity index (χ4v) is 3.39. The number of isocyanates is 2. The van der Waals surface area contributed by atoms with Crippen LogP contribution in [0.15, 0.2) is 35.3 Å². The average Bonchev–Trinajstić information content (AvgIpc) is 2.79. The van der Waals surface area contributed by atoms with Gasteiger partial charge in [0.05, 0.1) is 12.1 Å². The van der Waals surface area contributed by atoms with Crippen LogP contribution in [-0.2, 0) is 28.7 Å². The number of aliphatic imine (C=N–C) groups is 2. The minimum atomic E-state index is -0.504. The summed E-state index contributed by atoms with van der Waals surface area (Å²) < 4.78 is 10.8. The van der Waals surface area contributed by atoms with E-state index < -0.39 is 11.9 Å². The van der Waals surface area contributed by atoms with Crippen molar-refractivity contribution in [1.29, 1.82) is 0 Å². The third-order valence-corrected chi connectivity index (χ3v) is 5.16. The quantitative estimate of drug-likeness (QED) is 0.124. The first-order chi connectivity index (χ1) is 15.4. The average molecular weight is 449 g/mol. The molecule has 0 aromatic rings. The summed E-state index contributed by atoms with van der Waals surface area (Å²) in [4.78, 5) is 52.2. The third kappa shape index (κ3) is 14.2. The van der Waals surface area contributed by atoms with Crippen molar-refractivity contribution in [2.75, 3.05) is 0 Å². The van der Waals surface area contributed by atoms with E-state index in [1.165, 1.54) is 0 Å². The molecule has 32 heavy (non-hydrogen) atoms. The normalized spacial score (nSPS) is 13.9. The summed E-state index contributed by atoms with van der Waals surface area (Å²) in [6, 6.07) is -0.410. The van der Waals surface area contributed by atoms with E-state index in [0.29, 0.717) is 51.4 Å². The van der Waals surface area contributed by atoms with E-state index in [9.17, 15) is 19.2 Å². The first kappa shape index (κ1) is 29.2. The summed E-state index contributed by atoms with van der Waals surface area (Å²) in [5.41, 5.74) is 0. The van der Waals surface area contributed by atoms with Crippen molar-refractivity contribution in [3.63, 3.8) is 0 Å². The number of carbonyl (C=O) groups excluding carboxylic acids is 4. The van der Waals surface area contributed by atoms with Crippen LogP contribution >= 0.6 is 0 Å². The van der Waals surface area contributed by atoms with Gasteiger partial charge < -0.3 is 9.47 Å². The first-order valence-corrected chi connectivity index (χ1v) is 11.2. The van der Waals surface area contributed by atoms with Crippen LogP contribution in [0.3, 0.4) is 0 Å². The van der Waals surface area contributed by atoms with Crippen molar-refractivity contribution in [3.05, 3.63) is 25.3 Å². The topological polar surface area (TPSA) is 111 Å². The van der Waals surface area contributed by atoms with Crippen LogP contribution in [0.1, 0.15) is 78.1 Å². The van der Waals surface area contributed by atoms with E-state index in [1.807, 2.05) is 13.8 Å². The van der Waals surface area contributed by atoms with Gasteiger partial charge in [0.25, 0.3) is 0 Å². The molecule has 0 fully saturated rings. The van der Waals surface area contributed by atoms with Crippen LogP contribution in [0.25, 0.3) is 0 Å². The minimum absolute atomic E-state index is 0.154. The molecule has 0 aromatic carbocycles. The second-order valence-electron chi connectivity index (χ2n) is 7.56. The lowest BCUT2D eigenvalue weighted by Crippen LogP contribution is -2.21. The fraction of sp³-hybridized carbons (Fsp3) is 0.667. The van der Waals surface area contributed by atoms with Crippen molar-refractivity contribution < 1.29 is 28.7 Å². The third-order valence-electron chi connectivity index (χ3n) is 5.16. The van der Waals surface area contributed by atoms with Gasteiger partial charge in [-0.25, -0.2) is 29.2 Å². The zero-order valence-electron chi connectivity index (χ0n) is 19.3. The highest BCUT2D eigenvalue weighted by Crippen LogP contribution is 2.20. The summed E-state index contributed by atoms with van der Waals surface area (Å²) in [7, 11) is 0. The van der Waals surface area contributed by atoms with E-state index in [0.717, 1.165) is 25.0 Å². The largest absolute Gasteiger partial charge is 0.459 e. The smallest absolute Gasteiger partial charge is 0.330 e. The molecule has 0 rings (SSSR count). The maximum Gasteiger partial charge on any atom is 0.330 e. The molecule has 8 heteroatoms. The Morgan fingerprint density at radius 2 is 1.28 bits per heavy atom. The highest BCUT2D eigenvalue weighted by molar-refractivity contribution is 5.81. The van der Waals surface area contributed by atoms with Crippen molar-refractivity contribution in [1.82, 2.24) is 0 Å². The van der Waals surface area contributed by atoms with Gasteiger partial charge in [-0.15, -0.1) is 0 Å². The molecule has 0 aromatic heterocycles. The minimum Gasteiger partial charge on any atom is -0.459 e. The summed E-state index contributed by atoms with van der Waals surface area (Å²) in [5.74, 6) is -0.967. The Morgan fingerprint density at radius 3 is 1.75 bits per heavy atom. The fourth-order valence-electron chi connectivity index (χ4n) is 3.39. The molecular formula is C24H36N2O6. The Hall–Kier alpha value is -2.82. The molecular weight excluding hydrogens is 412 g/mol. The van der Waals surface area contributed by atoms with Gasteiger partial charge in [0.1, 0.15) is 12.2 Å².